The van der Waals surface area contributed by atoms with Crippen molar-refractivity contribution in [2.75, 3.05) is 26.4 Å². The van der Waals surface area contributed by atoms with Crippen LogP contribution in [0.25, 0.3) is 0 Å². The molecule has 0 rings (SSSR count). The van der Waals surface area contributed by atoms with Crippen molar-refractivity contribution in [3.8, 4) is 0 Å². The van der Waals surface area contributed by atoms with Crippen molar-refractivity contribution in [3.63, 3.8) is 0 Å². The number of ether oxygens (including phenoxy) is 2. The van der Waals surface area contributed by atoms with E-state index >= 15 is 0 Å². The van der Waals surface area contributed by atoms with Crippen LogP contribution in [-0.2, 0) is 14.3 Å². The van der Waals surface area contributed by atoms with Gasteiger partial charge in [-0.3, -0.25) is 4.79 Å². The van der Waals surface area contributed by atoms with Gasteiger partial charge in [0.25, 0.3) is 0 Å². The zero-order chi connectivity index (χ0) is 10.6. The van der Waals surface area contributed by atoms with Gasteiger partial charge in [-0.2, -0.15) is 0 Å². The van der Waals surface area contributed by atoms with Crippen molar-refractivity contribution in [1.29, 1.82) is 0 Å². The molecule has 84 valence electrons. The van der Waals surface area contributed by atoms with Crippen molar-refractivity contribution in [1.82, 2.24) is 0 Å². The van der Waals surface area contributed by atoms with Gasteiger partial charge < -0.3 is 9.47 Å². The quantitative estimate of drug-likeness (QED) is 0.421. The van der Waals surface area contributed by atoms with Crippen LogP contribution < -0.4 is 0 Å². The van der Waals surface area contributed by atoms with Crippen LogP contribution in [0.4, 0.5) is 0 Å². The van der Waals surface area contributed by atoms with Crippen LogP contribution in [0.3, 0.4) is 0 Å². The fourth-order valence-corrected chi connectivity index (χ4v) is 1.08. The summed E-state index contributed by atoms with van der Waals surface area (Å²) >= 11 is 5.07. The topological polar surface area (TPSA) is 35.5 Å². The first kappa shape index (κ1) is 13.9. The van der Waals surface area contributed by atoms with E-state index in [1.807, 2.05) is 0 Å². The smallest absolute Gasteiger partial charge is 0.247 e. The van der Waals surface area contributed by atoms with Gasteiger partial charge >= 0.3 is 0 Å². The van der Waals surface area contributed by atoms with Crippen LogP contribution in [0.5, 0.6) is 0 Å². The van der Waals surface area contributed by atoms with Gasteiger partial charge in [0.2, 0.25) is 5.24 Å². The fourth-order valence-electron chi connectivity index (χ4n) is 1.00. The van der Waals surface area contributed by atoms with E-state index in [0.717, 1.165) is 13.0 Å². The van der Waals surface area contributed by atoms with Gasteiger partial charge in [0, 0.05) is 6.61 Å². The summed E-state index contributed by atoms with van der Waals surface area (Å²) in [6, 6.07) is 0. The average Bonchev–Trinajstić information content (AvgIpc) is 2.15. The van der Waals surface area contributed by atoms with Crippen LogP contribution >= 0.6 is 11.6 Å². The van der Waals surface area contributed by atoms with E-state index in [1.165, 1.54) is 19.3 Å². The third-order valence-corrected chi connectivity index (χ3v) is 1.84. The summed E-state index contributed by atoms with van der Waals surface area (Å²) < 4.78 is 10.2. The van der Waals surface area contributed by atoms with E-state index in [0.29, 0.717) is 13.2 Å². The van der Waals surface area contributed by atoms with E-state index < -0.39 is 5.24 Å². The highest BCUT2D eigenvalue weighted by atomic mass is 35.5. The highest BCUT2D eigenvalue weighted by Crippen LogP contribution is 1.98. The van der Waals surface area contributed by atoms with Crippen LogP contribution in [0.1, 0.15) is 32.6 Å². The number of unbranched alkanes of at least 4 members (excludes halogenated alkanes) is 3. The maximum atomic E-state index is 10.3. The Hall–Kier alpha value is -0.120. The third-order valence-electron chi connectivity index (χ3n) is 1.73. The Bertz CT molecular complexity index is 139. The lowest BCUT2D eigenvalue weighted by Crippen LogP contribution is -2.09. The highest BCUT2D eigenvalue weighted by molar-refractivity contribution is 6.63. The second kappa shape index (κ2) is 11.0. The molecule has 0 heterocycles. The standard InChI is InChI=1S/C10H19ClO3/c1-2-3-4-5-6-13-7-8-14-9-10(11)12/h2-9H2,1H3. The molecule has 0 saturated heterocycles. The van der Waals surface area contributed by atoms with Crippen molar-refractivity contribution in [2.45, 2.75) is 32.6 Å². The predicted molar refractivity (Wildman–Crippen MR) is 56.6 cm³/mol. The predicted octanol–water partition coefficient (Wildman–Crippen LogP) is 2.37. The molecule has 0 aliphatic heterocycles. The molecule has 0 aliphatic rings. The molecule has 0 amide bonds. The molecule has 0 aliphatic carbocycles. The molecule has 0 atom stereocenters. The molecule has 0 spiro atoms. The number of halogens is 1. The van der Waals surface area contributed by atoms with Crippen molar-refractivity contribution >= 4 is 16.8 Å². The molecule has 4 heteroatoms. The van der Waals surface area contributed by atoms with Crippen molar-refractivity contribution in [2.24, 2.45) is 0 Å². The molecular formula is C10H19ClO3. The van der Waals surface area contributed by atoms with Gasteiger partial charge in [-0.25, -0.2) is 0 Å². The van der Waals surface area contributed by atoms with E-state index in [4.69, 9.17) is 21.1 Å². The zero-order valence-electron chi connectivity index (χ0n) is 8.76. The lowest BCUT2D eigenvalue weighted by Gasteiger charge is -2.03. The van der Waals surface area contributed by atoms with Crippen molar-refractivity contribution in [3.05, 3.63) is 0 Å². The summed E-state index contributed by atoms with van der Waals surface area (Å²) in [5.74, 6) is 0. The van der Waals surface area contributed by atoms with E-state index in [-0.39, 0.29) is 6.61 Å². The Balaban J connectivity index is 2.88. The average molecular weight is 223 g/mol. The Morgan fingerprint density at radius 1 is 1.07 bits per heavy atom. The maximum absolute atomic E-state index is 10.3. The normalized spacial score (nSPS) is 10.4. The number of carbonyl (C=O) groups is 1. The molecule has 0 fully saturated rings. The van der Waals surface area contributed by atoms with Gasteiger partial charge in [-0.05, 0) is 18.0 Å². The minimum Gasteiger partial charge on any atom is -0.379 e. The summed E-state index contributed by atoms with van der Waals surface area (Å²) in [6.45, 7) is 3.90. The third kappa shape index (κ3) is 11.9. The van der Waals surface area contributed by atoms with Crippen LogP contribution in [-0.4, -0.2) is 31.7 Å². The molecule has 0 aromatic rings. The molecule has 0 saturated carbocycles. The van der Waals surface area contributed by atoms with Gasteiger partial charge in [-0.15, -0.1) is 0 Å². The fraction of sp³-hybridized carbons (Fsp3) is 0.900. The number of rotatable bonds is 10. The zero-order valence-corrected chi connectivity index (χ0v) is 9.52. The lowest BCUT2D eigenvalue weighted by molar-refractivity contribution is -0.116. The van der Waals surface area contributed by atoms with Crippen LogP contribution in [0.2, 0.25) is 0 Å². The van der Waals surface area contributed by atoms with Gasteiger partial charge in [-0.1, -0.05) is 26.2 Å². The van der Waals surface area contributed by atoms with Crippen LogP contribution in [0, 0.1) is 0 Å². The van der Waals surface area contributed by atoms with Gasteiger partial charge in [0.1, 0.15) is 6.61 Å². The van der Waals surface area contributed by atoms with E-state index in [2.05, 4.69) is 6.92 Å². The number of carbonyl (C=O) groups excluding carboxylic acids is 1. The second-order valence-electron chi connectivity index (χ2n) is 3.08. The summed E-state index contributed by atoms with van der Waals surface area (Å²) in [5.41, 5.74) is 0. The lowest BCUT2D eigenvalue weighted by atomic mass is 10.2. The first-order valence-corrected chi connectivity index (χ1v) is 5.49. The largest absolute Gasteiger partial charge is 0.379 e. The molecule has 0 aromatic carbocycles. The molecule has 14 heavy (non-hydrogen) atoms. The Labute approximate surface area is 90.7 Å². The summed E-state index contributed by atoms with van der Waals surface area (Å²) in [6.07, 6.45) is 4.82. The molecule has 0 N–H and O–H groups in total. The molecule has 0 radical (unpaired) electrons. The number of hydrogen-bond donors (Lipinski definition) is 0. The van der Waals surface area contributed by atoms with Gasteiger partial charge in [0.05, 0.1) is 13.2 Å². The molecular weight excluding hydrogens is 204 g/mol. The van der Waals surface area contributed by atoms with Crippen molar-refractivity contribution < 1.29 is 14.3 Å². The van der Waals surface area contributed by atoms with Gasteiger partial charge in [0.15, 0.2) is 0 Å². The molecule has 0 unspecified atom stereocenters. The minimum absolute atomic E-state index is 0.0270. The monoisotopic (exact) mass is 222 g/mol. The molecule has 0 bridgehead atoms. The highest BCUT2D eigenvalue weighted by Gasteiger charge is 1.95. The first-order valence-electron chi connectivity index (χ1n) is 5.11. The summed E-state index contributed by atoms with van der Waals surface area (Å²) in [4.78, 5) is 10.3. The summed E-state index contributed by atoms with van der Waals surface area (Å²) in [7, 11) is 0. The Kier molecular flexibility index (Phi) is 10.9. The maximum Gasteiger partial charge on any atom is 0.247 e. The Morgan fingerprint density at radius 2 is 1.79 bits per heavy atom. The number of hydrogen-bond acceptors (Lipinski definition) is 3. The first-order chi connectivity index (χ1) is 6.77. The Morgan fingerprint density at radius 3 is 2.43 bits per heavy atom. The SMILES string of the molecule is CCCCCCOCCOCC(=O)Cl. The van der Waals surface area contributed by atoms with E-state index in [9.17, 15) is 4.79 Å². The van der Waals surface area contributed by atoms with E-state index in [1.54, 1.807) is 0 Å². The second-order valence-corrected chi connectivity index (χ2v) is 3.50. The minimum atomic E-state index is -0.465. The summed E-state index contributed by atoms with van der Waals surface area (Å²) in [5, 5.41) is -0.465. The molecule has 3 nitrogen and oxygen atoms in total. The molecule has 0 aromatic heterocycles. The van der Waals surface area contributed by atoms with Crippen LogP contribution in [0.15, 0.2) is 0 Å².